The average Bonchev–Trinajstić information content (AvgIpc) is 2.87. The summed E-state index contributed by atoms with van der Waals surface area (Å²) in [6.07, 6.45) is 0.367. The fourth-order valence-electron chi connectivity index (χ4n) is 3.40. The van der Waals surface area contributed by atoms with Gasteiger partial charge in [0.1, 0.15) is 5.84 Å². The van der Waals surface area contributed by atoms with Gasteiger partial charge in [0, 0.05) is 24.2 Å². The molecule has 2 aliphatic heterocycles. The van der Waals surface area contributed by atoms with Crippen LogP contribution >= 0.6 is 0 Å². The summed E-state index contributed by atoms with van der Waals surface area (Å²) in [6.45, 7) is 4.54. The number of carbonyl (C=O) groups is 1. The van der Waals surface area contributed by atoms with Gasteiger partial charge in [-0.05, 0) is 43.7 Å². The van der Waals surface area contributed by atoms with Crippen molar-refractivity contribution in [3.8, 4) is 0 Å². The second-order valence-electron chi connectivity index (χ2n) is 6.39. The Balaban J connectivity index is 1.87. The molecule has 4 rings (SSSR count). The molecule has 2 aromatic rings. The van der Waals surface area contributed by atoms with Gasteiger partial charge in [0.2, 0.25) is 5.78 Å². The molecule has 1 unspecified atom stereocenters. The molecule has 1 N–H and O–H groups in total. The van der Waals surface area contributed by atoms with E-state index in [1.807, 2.05) is 61.2 Å². The van der Waals surface area contributed by atoms with Crippen LogP contribution in [0, 0.1) is 13.8 Å². The lowest BCUT2D eigenvalue weighted by atomic mass is 9.87. The SMILES string of the molecule is Cc1cccc(N2CCC3(O)C(=O)c4cc(C)ccc4N=C23)c1. The van der Waals surface area contributed by atoms with Crippen molar-refractivity contribution in [1.29, 1.82) is 0 Å². The van der Waals surface area contributed by atoms with Gasteiger partial charge >= 0.3 is 0 Å². The van der Waals surface area contributed by atoms with E-state index in [0.29, 0.717) is 30.1 Å². The molecule has 2 aromatic carbocycles. The van der Waals surface area contributed by atoms with E-state index in [0.717, 1.165) is 16.8 Å². The number of rotatable bonds is 1. The van der Waals surface area contributed by atoms with Crippen molar-refractivity contribution in [2.75, 3.05) is 11.4 Å². The first-order valence-corrected chi connectivity index (χ1v) is 7.80. The third-order valence-corrected chi connectivity index (χ3v) is 4.63. The van der Waals surface area contributed by atoms with Crippen LogP contribution in [0.4, 0.5) is 11.4 Å². The molecule has 23 heavy (non-hydrogen) atoms. The van der Waals surface area contributed by atoms with Crippen molar-refractivity contribution < 1.29 is 9.90 Å². The molecule has 0 spiro atoms. The number of Topliss-reactive ketones (excluding diaryl/α,β-unsaturated/α-hetero) is 1. The number of anilines is 1. The van der Waals surface area contributed by atoms with Crippen LogP contribution in [0.5, 0.6) is 0 Å². The number of nitrogens with zero attached hydrogens (tertiary/aromatic N) is 2. The van der Waals surface area contributed by atoms with Gasteiger partial charge in [-0.25, -0.2) is 4.99 Å². The Bertz CT molecular complexity index is 856. The number of ketones is 1. The van der Waals surface area contributed by atoms with Crippen LogP contribution < -0.4 is 4.90 Å². The summed E-state index contributed by atoms with van der Waals surface area (Å²) in [7, 11) is 0. The van der Waals surface area contributed by atoms with Crippen molar-refractivity contribution in [2.24, 2.45) is 4.99 Å². The summed E-state index contributed by atoms with van der Waals surface area (Å²) in [5.41, 5.74) is 2.74. The standard InChI is InChI=1S/C19H18N2O2/c1-12-4-3-5-14(10-12)21-9-8-19(23)17(22)15-11-13(2)6-7-16(15)20-18(19)21/h3-7,10-11,23H,8-9H2,1-2H3. The van der Waals surface area contributed by atoms with Crippen LogP contribution in [0.3, 0.4) is 0 Å². The zero-order valence-electron chi connectivity index (χ0n) is 13.2. The van der Waals surface area contributed by atoms with Crippen molar-refractivity contribution in [3.05, 3.63) is 59.2 Å². The lowest BCUT2D eigenvalue weighted by Crippen LogP contribution is -2.48. The predicted molar refractivity (Wildman–Crippen MR) is 90.7 cm³/mol. The van der Waals surface area contributed by atoms with E-state index < -0.39 is 5.60 Å². The van der Waals surface area contributed by atoms with Gasteiger partial charge < -0.3 is 10.0 Å². The van der Waals surface area contributed by atoms with E-state index in [-0.39, 0.29) is 5.78 Å². The zero-order chi connectivity index (χ0) is 16.2. The highest BCUT2D eigenvalue weighted by molar-refractivity contribution is 6.28. The van der Waals surface area contributed by atoms with Gasteiger partial charge in [-0.15, -0.1) is 0 Å². The summed E-state index contributed by atoms with van der Waals surface area (Å²) in [5.74, 6) is 0.209. The smallest absolute Gasteiger partial charge is 0.204 e. The third-order valence-electron chi connectivity index (χ3n) is 4.63. The van der Waals surface area contributed by atoms with Crippen molar-refractivity contribution >= 4 is 23.0 Å². The summed E-state index contributed by atoms with van der Waals surface area (Å²) < 4.78 is 0. The lowest BCUT2D eigenvalue weighted by molar-refractivity contribution is 0.0602. The van der Waals surface area contributed by atoms with Crippen molar-refractivity contribution in [1.82, 2.24) is 0 Å². The van der Waals surface area contributed by atoms with Crippen LogP contribution in [-0.4, -0.2) is 28.9 Å². The number of hydrogen-bond acceptors (Lipinski definition) is 4. The van der Waals surface area contributed by atoms with Gasteiger partial charge in [0.05, 0.1) is 5.69 Å². The maximum atomic E-state index is 12.9. The maximum Gasteiger partial charge on any atom is 0.204 e. The summed E-state index contributed by atoms with van der Waals surface area (Å²) in [4.78, 5) is 19.4. The monoisotopic (exact) mass is 306 g/mol. The molecule has 0 bridgehead atoms. The molecule has 4 nitrogen and oxygen atoms in total. The number of fused-ring (bicyclic) bond motifs is 2. The minimum Gasteiger partial charge on any atom is -0.374 e. The van der Waals surface area contributed by atoms with E-state index >= 15 is 0 Å². The Kier molecular flexibility index (Phi) is 2.93. The maximum absolute atomic E-state index is 12.9. The molecule has 4 heteroatoms. The van der Waals surface area contributed by atoms with E-state index in [4.69, 9.17) is 0 Å². The summed E-state index contributed by atoms with van der Waals surface area (Å²) in [5, 5.41) is 11.0. The molecule has 1 atom stereocenters. The molecule has 0 aromatic heterocycles. The Labute approximate surface area is 135 Å². The summed E-state index contributed by atoms with van der Waals surface area (Å²) >= 11 is 0. The zero-order valence-corrected chi connectivity index (χ0v) is 13.2. The van der Waals surface area contributed by atoms with Crippen LogP contribution in [0.15, 0.2) is 47.5 Å². The molecule has 0 amide bonds. The Morgan fingerprint density at radius 2 is 1.91 bits per heavy atom. The van der Waals surface area contributed by atoms with E-state index in [9.17, 15) is 9.90 Å². The first-order valence-electron chi connectivity index (χ1n) is 7.80. The molecule has 1 saturated heterocycles. The normalized spacial score (nSPS) is 22.7. The molecule has 116 valence electrons. The van der Waals surface area contributed by atoms with Gasteiger partial charge in [0.15, 0.2) is 5.60 Å². The number of amidine groups is 1. The molecule has 0 aliphatic carbocycles. The van der Waals surface area contributed by atoms with Crippen LogP contribution in [0.1, 0.15) is 27.9 Å². The first-order chi connectivity index (χ1) is 11.0. The number of benzene rings is 2. The quantitative estimate of drug-likeness (QED) is 0.880. The second kappa shape index (κ2) is 4.77. The topological polar surface area (TPSA) is 52.9 Å². The van der Waals surface area contributed by atoms with Gasteiger partial charge in [-0.1, -0.05) is 23.8 Å². The molecule has 0 saturated carbocycles. The highest BCUT2D eigenvalue weighted by Gasteiger charge is 2.52. The van der Waals surface area contributed by atoms with E-state index in [1.54, 1.807) is 0 Å². The molecule has 1 fully saturated rings. The van der Waals surface area contributed by atoms with Crippen LogP contribution in [0.25, 0.3) is 0 Å². The van der Waals surface area contributed by atoms with E-state index in [1.165, 1.54) is 0 Å². The number of aliphatic hydroxyl groups is 1. The number of hydrogen-bond donors (Lipinski definition) is 1. The third kappa shape index (κ3) is 2.02. The Morgan fingerprint density at radius 1 is 1.13 bits per heavy atom. The second-order valence-corrected chi connectivity index (χ2v) is 6.39. The van der Waals surface area contributed by atoms with Crippen LogP contribution in [-0.2, 0) is 0 Å². The Morgan fingerprint density at radius 3 is 2.70 bits per heavy atom. The first kappa shape index (κ1) is 14.2. The van der Waals surface area contributed by atoms with Gasteiger partial charge in [-0.3, -0.25) is 4.79 Å². The van der Waals surface area contributed by atoms with Crippen molar-refractivity contribution in [2.45, 2.75) is 25.9 Å². The number of aryl methyl sites for hydroxylation is 2. The molecular weight excluding hydrogens is 288 g/mol. The molecule has 0 radical (unpaired) electrons. The molecule has 2 aliphatic rings. The van der Waals surface area contributed by atoms with Gasteiger partial charge in [-0.2, -0.15) is 0 Å². The number of carbonyl (C=O) groups excluding carboxylic acids is 1. The minimum absolute atomic E-state index is 0.239. The largest absolute Gasteiger partial charge is 0.374 e. The highest BCUT2D eigenvalue weighted by Crippen LogP contribution is 2.39. The highest BCUT2D eigenvalue weighted by atomic mass is 16.3. The van der Waals surface area contributed by atoms with Gasteiger partial charge in [0.25, 0.3) is 0 Å². The van der Waals surface area contributed by atoms with E-state index in [2.05, 4.69) is 4.99 Å². The molecular formula is C19H18N2O2. The summed E-state index contributed by atoms with van der Waals surface area (Å²) in [6, 6.07) is 13.6. The van der Waals surface area contributed by atoms with Crippen molar-refractivity contribution in [3.63, 3.8) is 0 Å². The fraction of sp³-hybridized carbons (Fsp3) is 0.263. The average molecular weight is 306 g/mol. The predicted octanol–water partition coefficient (Wildman–Crippen LogP) is 3.17. The lowest BCUT2D eigenvalue weighted by Gasteiger charge is -2.30. The minimum atomic E-state index is -1.51. The fourth-order valence-corrected chi connectivity index (χ4v) is 3.40. The Hall–Kier alpha value is -2.46. The number of aliphatic imine (C=N–C) groups is 1. The van der Waals surface area contributed by atoms with Crippen LogP contribution in [0.2, 0.25) is 0 Å². The molecule has 2 heterocycles.